The summed E-state index contributed by atoms with van der Waals surface area (Å²) in [5.41, 5.74) is 0.601. The standard InChI is InChI=1S/C11H11Cl2N3O/c1-16(2)6-9-14-11(15-17-9)10-7(12)4-3-5-8(10)13/h3-5H,6H2,1-2H3. The Hall–Kier alpha value is -1.10. The molecule has 1 heterocycles. The molecule has 6 heteroatoms. The van der Waals surface area contributed by atoms with Gasteiger partial charge in [0.15, 0.2) is 0 Å². The van der Waals surface area contributed by atoms with Gasteiger partial charge in [-0.3, -0.25) is 0 Å². The van der Waals surface area contributed by atoms with Crippen LogP contribution in [-0.2, 0) is 6.54 Å². The summed E-state index contributed by atoms with van der Waals surface area (Å²) in [5, 5.41) is 4.90. The maximum atomic E-state index is 6.06. The Morgan fingerprint density at radius 3 is 2.47 bits per heavy atom. The Bertz CT molecular complexity index is 505. The van der Waals surface area contributed by atoms with Crippen molar-refractivity contribution in [2.45, 2.75) is 6.54 Å². The van der Waals surface area contributed by atoms with Crippen molar-refractivity contribution >= 4 is 23.2 Å². The minimum Gasteiger partial charge on any atom is -0.338 e. The second kappa shape index (κ2) is 5.04. The fraction of sp³-hybridized carbons (Fsp3) is 0.273. The molecule has 17 heavy (non-hydrogen) atoms. The molecule has 4 nitrogen and oxygen atoms in total. The van der Waals surface area contributed by atoms with Gasteiger partial charge in [0, 0.05) is 0 Å². The second-order valence-electron chi connectivity index (χ2n) is 3.85. The fourth-order valence-corrected chi connectivity index (χ4v) is 1.97. The first-order valence-electron chi connectivity index (χ1n) is 4.99. The molecule has 0 amide bonds. The van der Waals surface area contributed by atoms with Gasteiger partial charge in [-0.2, -0.15) is 4.98 Å². The summed E-state index contributed by atoms with van der Waals surface area (Å²) in [5.74, 6) is 0.943. The van der Waals surface area contributed by atoms with Gasteiger partial charge in [0.05, 0.1) is 22.2 Å². The maximum absolute atomic E-state index is 6.06. The highest BCUT2D eigenvalue weighted by molar-refractivity contribution is 6.38. The van der Waals surface area contributed by atoms with Crippen molar-refractivity contribution in [2.24, 2.45) is 0 Å². The van der Waals surface area contributed by atoms with E-state index in [0.29, 0.717) is 33.9 Å². The van der Waals surface area contributed by atoms with Crippen molar-refractivity contribution in [3.63, 3.8) is 0 Å². The molecule has 2 rings (SSSR count). The molecule has 0 saturated heterocycles. The summed E-state index contributed by atoms with van der Waals surface area (Å²) < 4.78 is 5.12. The highest BCUT2D eigenvalue weighted by Gasteiger charge is 2.15. The van der Waals surface area contributed by atoms with E-state index in [9.17, 15) is 0 Å². The van der Waals surface area contributed by atoms with Crippen molar-refractivity contribution in [1.29, 1.82) is 0 Å². The van der Waals surface area contributed by atoms with Crippen LogP contribution < -0.4 is 0 Å². The van der Waals surface area contributed by atoms with Crippen molar-refractivity contribution in [3.8, 4) is 11.4 Å². The van der Waals surface area contributed by atoms with Gasteiger partial charge < -0.3 is 9.42 Å². The summed E-state index contributed by atoms with van der Waals surface area (Å²) in [6.07, 6.45) is 0. The van der Waals surface area contributed by atoms with Gasteiger partial charge in [0.2, 0.25) is 11.7 Å². The molecule has 0 unspecified atom stereocenters. The van der Waals surface area contributed by atoms with Crippen LogP contribution in [0.2, 0.25) is 10.0 Å². The molecule has 0 radical (unpaired) electrons. The van der Waals surface area contributed by atoms with E-state index in [0.717, 1.165) is 0 Å². The topological polar surface area (TPSA) is 42.2 Å². The van der Waals surface area contributed by atoms with Gasteiger partial charge in [0.25, 0.3) is 0 Å². The fourth-order valence-electron chi connectivity index (χ4n) is 1.40. The molecule has 1 aromatic heterocycles. The van der Waals surface area contributed by atoms with E-state index in [1.807, 2.05) is 19.0 Å². The van der Waals surface area contributed by atoms with Crippen molar-refractivity contribution < 1.29 is 4.52 Å². The van der Waals surface area contributed by atoms with Crippen LogP contribution in [0.3, 0.4) is 0 Å². The summed E-state index contributed by atoms with van der Waals surface area (Å²) in [7, 11) is 3.85. The zero-order valence-corrected chi connectivity index (χ0v) is 11.0. The largest absolute Gasteiger partial charge is 0.338 e. The van der Waals surface area contributed by atoms with E-state index >= 15 is 0 Å². The van der Waals surface area contributed by atoms with Gasteiger partial charge in [-0.1, -0.05) is 34.4 Å². The molecule has 0 aliphatic rings. The molecule has 90 valence electrons. The monoisotopic (exact) mass is 271 g/mol. The Morgan fingerprint density at radius 2 is 1.88 bits per heavy atom. The number of benzene rings is 1. The van der Waals surface area contributed by atoms with Crippen LogP contribution in [0.1, 0.15) is 5.89 Å². The van der Waals surface area contributed by atoms with E-state index in [2.05, 4.69) is 10.1 Å². The Morgan fingerprint density at radius 1 is 1.24 bits per heavy atom. The highest BCUT2D eigenvalue weighted by atomic mass is 35.5. The summed E-state index contributed by atoms with van der Waals surface area (Å²) in [6.45, 7) is 0.578. The van der Waals surface area contributed by atoms with Crippen molar-refractivity contribution in [3.05, 3.63) is 34.1 Å². The molecule has 0 fully saturated rings. The van der Waals surface area contributed by atoms with Gasteiger partial charge >= 0.3 is 0 Å². The number of aromatic nitrogens is 2. The average molecular weight is 272 g/mol. The summed E-state index contributed by atoms with van der Waals surface area (Å²) >= 11 is 12.1. The van der Waals surface area contributed by atoms with E-state index in [-0.39, 0.29) is 0 Å². The normalized spacial score (nSPS) is 11.1. The molecule has 0 saturated carbocycles. The predicted molar refractivity (Wildman–Crippen MR) is 67.1 cm³/mol. The van der Waals surface area contributed by atoms with Crippen LogP contribution in [0.15, 0.2) is 22.7 Å². The number of hydrogen-bond donors (Lipinski definition) is 0. The van der Waals surface area contributed by atoms with E-state index < -0.39 is 0 Å². The number of hydrogen-bond acceptors (Lipinski definition) is 4. The third-order valence-electron chi connectivity index (χ3n) is 2.11. The van der Waals surface area contributed by atoms with Gasteiger partial charge in [-0.25, -0.2) is 0 Å². The van der Waals surface area contributed by atoms with Gasteiger partial charge in [-0.15, -0.1) is 0 Å². The molecule has 0 N–H and O–H groups in total. The van der Waals surface area contributed by atoms with Gasteiger partial charge in [0.1, 0.15) is 0 Å². The molecular formula is C11H11Cl2N3O. The van der Waals surface area contributed by atoms with E-state index in [1.165, 1.54) is 0 Å². The minimum atomic E-state index is 0.414. The van der Waals surface area contributed by atoms with Crippen LogP contribution >= 0.6 is 23.2 Å². The molecule has 1 aromatic carbocycles. The smallest absolute Gasteiger partial charge is 0.241 e. The number of nitrogens with zero attached hydrogens (tertiary/aromatic N) is 3. The molecule has 2 aromatic rings. The molecule has 0 atom stereocenters. The van der Waals surface area contributed by atoms with Crippen molar-refractivity contribution in [2.75, 3.05) is 14.1 Å². The zero-order chi connectivity index (χ0) is 12.4. The maximum Gasteiger partial charge on any atom is 0.241 e. The molecule has 0 aliphatic heterocycles. The first-order chi connectivity index (χ1) is 8.08. The predicted octanol–water partition coefficient (Wildman–Crippen LogP) is 3.11. The molecule has 0 spiro atoms. The zero-order valence-electron chi connectivity index (χ0n) is 9.44. The molecular weight excluding hydrogens is 261 g/mol. The Balaban J connectivity index is 2.37. The molecule has 0 aliphatic carbocycles. The first kappa shape index (κ1) is 12.4. The van der Waals surface area contributed by atoms with E-state index in [1.54, 1.807) is 18.2 Å². The van der Waals surface area contributed by atoms with Crippen LogP contribution in [0, 0.1) is 0 Å². The summed E-state index contributed by atoms with van der Waals surface area (Å²) in [4.78, 5) is 6.19. The van der Waals surface area contributed by atoms with E-state index in [4.69, 9.17) is 27.7 Å². The third kappa shape index (κ3) is 2.77. The second-order valence-corrected chi connectivity index (χ2v) is 4.66. The lowest BCUT2D eigenvalue weighted by Crippen LogP contribution is -2.10. The Kier molecular flexibility index (Phi) is 3.66. The SMILES string of the molecule is CN(C)Cc1nc(-c2c(Cl)cccc2Cl)no1. The highest BCUT2D eigenvalue weighted by Crippen LogP contribution is 2.32. The van der Waals surface area contributed by atoms with Crippen LogP contribution in [0.5, 0.6) is 0 Å². The number of halogens is 2. The average Bonchev–Trinajstić information content (AvgIpc) is 2.65. The lowest BCUT2D eigenvalue weighted by molar-refractivity contribution is 0.303. The lowest BCUT2D eigenvalue weighted by atomic mass is 10.2. The molecule has 0 bridgehead atoms. The third-order valence-corrected chi connectivity index (χ3v) is 2.74. The lowest BCUT2D eigenvalue weighted by Gasteiger charge is -2.03. The van der Waals surface area contributed by atoms with Crippen LogP contribution in [-0.4, -0.2) is 29.1 Å². The quantitative estimate of drug-likeness (QED) is 0.861. The van der Waals surface area contributed by atoms with Gasteiger partial charge in [-0.05, 0) is 26.2 Å². The first-order valence-corrected chi connectivity index (χ1v) is 5.75. The van der Waals surface area contributed by atoms with Crippen LogP contribution in [0.4, 0.5) is 0 Å². The minimum absolute atomic E-state index is 0.414. The van der Waals surface area contributed by atoms with Crippen LogP contribution in [0.25, 0.3) is 11.4 Å². The Labute approximate surface area is 109 Å². The number of rotatable bonds is 3. The van der Waals surface area contributed by atoms with Crippen molar-refractivity contribution in [1.82, 2.24) is 15.0 Å². The summed E-state index contributed by atoms with van der Waals surface area (Å²) in [6, 6.07) is 5.25.